The Morgan fingerprint density at radius 2 is 1.94 bits per heavy atom. The number of alkyl halides is 2. The molecule has 0 radical (unpaired) electrons. The molecule has 0 bridgehead atoms. The first-order valence-electron chi connectivity index (χ1n) is 5.15. The quantitative estimate of drug-likeness (QED) is 0.698. The van der Waals surface area contributed by atoms with Gasteiger partial charge < -0.3 is 4.74 Å². The summed E-state index contributed by atoms with van der Waals surface area (Å²) < 4.78 is 28.3. The molecule has 1 atom stereocenters. The summed E-state index contributed by atoms with van der Waals surface area (Å²) in [6, 6.07) is 8.60. The first-order valence-corrected chi connectivity index (χ1v) is 5.15. The Hall–Kier alpha value is -1.29. The van der Waals surface area contributed by atoms with Crippen molar-refractivity contribution in [2.45, 2.75) is 32.5 Å². The maximum absolute atomic E-state index is 12.0. The monoisotopic (exact) mass is 228 g/mol. The van der Waals surface area contributed by atoms with Gasteiger partial charge in [-0.3, -0.25) is 4.79 Å². The Morgan fingerprint density at radius 3 is 2.44 bits per heavy atom. The van der Waals surface area contributed by atoms with E-state index in [1.807, 2.05) is 0 Å². The molecule has 0 saturated heterocycles. The zero-order valence-corrected chi connectivity index (χ0v) is 9.03. The van der Waals surface area contributed by atoms with Crippen LogP contribution in [-0.2, 0) is 4.74 Å². The minimum atomic E-state index is -2.83. The molecule has 0 heterocycles. The van der Waals surface area contributed by atoms with Crippen LogP contribution in [-0.4, -0.2) is 18.5 Å². The van der Waals surface area contributed by atoms with Gasteiger partial charge in [0.2, 0.25) is 0 Å². The van der Waals surface area contributed by atoms with Crippen LogP contribution in [0.25, 0.3) is 0 Å². The van der Waals surface area contributed by atoms with Gasteiger partial charge in [0.15, 0.2) is 5.78 Å². The standard InChI is InChI=1S/C12H14F2O2/c1-2-10(16-12(13)14)8-11(15)9-6-4-3-5-7-9/h3-7,10,12H,2,8H2,1H3. The number of rotatable bonds is 6. The molecule has 0 aliphatic rings. The number of ether oxygens (including phenoxy) is 1. The van der Waals surface area contributed by atoms with E-state index in [4.69, 9.17) is 0 Å². The number of hydrogen-bond acceptors (Lipinski definition) is 2. The molecule has 4 heteroatoms. The zero-order valence-electron chi connectivity index (χ0n) is 9.03. The van der Waals surface area contributed by atoms with Gasteiger partial charge in [-0.05, 0) is 6.42 Å². The highest BCUT2D eigenvalue weighted by Crippen LogP contribution is 2.13. The average molecular weight is 228 g/mol. The summed E-state index contributed by atoms with van der Waals surface area (Å²) in [4.78, 5) is 11.7. The fourth-order valence-corrected chi connectivity index (χ4v) is 1.38. The van der Waals surface area contributed by atoms with E-state index in [9.17, 15) is 13.6 Å². The van der Waals surface area contributed by atoms with E-state index < -0.39 is 12.7 Å². The second-order valence-electron chi connectivity index (χ2n) is 3.42. The molecule has 0 saturated carbocycles. The Kier molecular flexibility index (Phi) is 5.05. The molecule has 1 rings (SSSR count). The lowest BCUT2D eigenvalue weighted by atomic mass is 10.0. The van der Waals surface area contributed by atoms with Crippen LogP contribution in [0, 0.1) is 0 Å². The molecular formula is C12H14F2O2. The number of hydrogen-bond donors (Lipinski definition) is 0. The molecule has 0 aromatic heterocycles. The van der Waals surface area contributed by atoms with Crippen molar-refractivity contribution in [1.82, 2.24) is 0 Å². The first kappa shape index (κ1) is 12.8. The van der Waals surface area contributed by atoms with E-state index in [1.165, 1.54) is 0 Å². The molecule has 1 unspecified atom stereocenters. The molecule has 88 valence electrons. The fourth-order valence-electron chi connectivity index (χ4n) is 1.38. The maximum Gasteiger partial charge on any atom is 0.345 e. The van der Waals surface area contributed by atoms with E-state index >= 15 is 0 Å². The Balaban J connectivity index is 2.56. The van der Waals surface area contributed by atoms with Crippen LogP contribution < -0.4 is 0 Å². The lowest BCUT2D eigenvalue weighted by molar-refractivity contribution is -0.161. The van der Waals surface area contributed by atoms with Gasteiger partial charge in [0, 0.05) is 12.0 Å². The Morgan fingerprint density at radius 1 is 1.31 bits per heavy atom. The van der Waals surface area contributed by atoms with Crippen molar-refractivity contribution in [1.29, 1.82) is 0 Å². The van der Waals surface area contributed by atoms with Crippen molar-refractivity contribution in [3.63, 3.8) is 0 Å². The fraction of sp³-hybridized carbons (Fsp3) is 0.417. The third-order valence-corrected chi connectivity index (χ3v) is 2.26. The summed E-state index contributed by atoms with van der Waals surface area (Å²) in [5.41, 5.74) is 0.527. The number of halogens is 2. The van der Waals surface area contributed by atoms with Crippen molar-refractivity contribution >= 4 is 5.78 Å². The molecule has 0 fully saturated rings. The SMILES string of the molecule is CCC(CC(=O)c1ccccc1)OC(F)F. The summed E-state index contributed by atoms with van der Waals surface area (Å²) in [6.45, 7) is -1.11. The van der Waals surface area contributed by atoms with Crippen molar-refractivity contribution < 1.29 is 18.3 Å². The molecule has 0 amide bonds. The molecule has 0 spiro atoms. The van der Waals surface area contributed by atoms with Gasteiger partial charge in [0.25, 0.3) is 0 Å². The third-order valence-electron chi connectivity index (χ3n) is 2.26. The smallest absolute Gasteiger partial charge is 0.319 e. The van der Waals surface area contributed by atoms with Crippen LogP contribution in [0.15, 0.2) is 30.3 Å². The molecule has 0 aliphatic carbocycles. The average Bonchev–Trinajstić information content (AvgIpc) is 2.28. The van der Waals surface area contributed by atoms with Gasteiger partial charge in [0.1, 0.15) is 0 Å². The van der Waals surface area contributed by atoms with Crippen molar-refractivity contribution in [3.05, 3.63) is 35.9 Å². The number of carbonyl (C=O) groups is 1. The van der Waals surface area contributed by atoms with Crippen molar-refractivity contribution in [2.24, 2.45) is 0 Å². The van der Waals surface area contributed by atoms with E-state index in [0.29, 0.717) is 12.0 Å². The Labute approximate surface area is 93.2 Å². The largest absolute Gasteiger partial charge is 0.345 e. The first-order chi connectivity index (χ1) is 7.63. The summed E-state index contributed by atoms with van der Waals surface area (Å²) in [7, 11) is 0. The third kappa shape index (κ3) is 4.06. The zero-order chi connectivity index (χ0) is 12.0. The van der Waals surface area contributed by atoms with E-state index in [2.05, 4.69) is 4.74 Å². The predicted octanol–water partition coefficient (Wildman–Crippen LogP) is 3.28. The normalized spacial score (nSPS) is 12.8. The van der Waals surface area contributed by atoms with E-state index in [-0.39, 0.29) is 12.2 Å². The van der Waals surface area contributed by atoms with Crippen LogP contribution in [0.4, 0.5) is 8.78 Å². The second-order valence-corrected chi connectivity index (χ2v) is 3.42. The number of Topliss-reactive ketones (excluding diaryl/α,β-unsaturated/α-hetero) is 1. The van der Waals surface area contributed by atoms with Gasteiger partial charge in [-0.25, -0.2) is 0 Å². The predicted molar refractivity (Wildman–Crippen MR) is 56.6 cm³/mol. The highest BCUT2D eigenvalue weighted by Gasteiger charge is 2.17. The number of ketones is 1. The topological polar surface area (TPSA) is 26.3 Å². The van der Waals surface area contributed by atoms with Gasteiger partial charge >= 0.3 is 6.61 Å². The van der Waals surface area contributed by atoms with Crippen molar-refractivity contribution in [3.8, 4) is 0 Å². The molecular weight excluding hydrogens is 214 g/mol. The summed E-state index contributed by atoms with van der Waals surface area (Å²) in [6.07, 6.45) is -0.332. The maximum atomic E-state index is 12.0. The Bertz CT molecular complexity index is 325. The molecule has 2 nitrogen and oxygen atoms in total. The summed E-state index contributed by atoms with van der Waals surface area (Å²) in [5, 5.41) is 0. The highest BCUT2D eigenvalue weighted by atomic mass is 19.3. The van der Waals surface area contributed by atoms with Crippen LogP contribution in [0.1, 0.15) is 30.1 Å². The molecule has 16 heavy (non-hydrogen) atoms. The van der Waals surface area contributed by atoms with Gasteiger partial charge in [-0.15, -0.1) is 0 Å². The summed E-state index contributed by atoms with van der Waals surface area (Å²) >= 11 is 0. The van der Waals surface area contributed by atoms with Gasteiger partial charge in [-0.1, -0.05) is 37.3 Å². The van der Waals surface area contributed by atoms with Crippen LogP contribution in [0.3, 0.4) is 0 Å². The molecule has 1 aromatic carbocycles. The lowest BCUT2D eigenvalue weighted by Crippen LogP contribution is -2.19. The lowest BCUT2D eigenvalue weighted by Gasteiger charge is -2.14. The number of carbonyl (C=O) groups excluding carboxylic acids is 1. The second kappa shape index (κ2) is 6.33. The summed E-state index contributed by atoms with van der Waals surface area (Å²) in [5.74, 6) is -0.173. The number of benzene rings is 1. The van der Waals surface area contributed by atoms with Gasteiger partial charge in [-0.2, -0.15) is 8.78 Å². The van der Waals surface area contributed by atoms with Gasteiger partial charge in [0.05, 0.1) is 6.10 Å². The van der Waals surface area contributed by atoms with E-state index in [1.54, 1.807) is 37.3 Å². The van der Waals surface area contributed by atoms with E-state index in [0.717, 1.165) is 0 Å². The van der Waals surface area contributed by atoms with Crippen LogP contribution in [0.5, 0.6) is 0 Å². The molecule has 0 N–H and O–H groups in total. The minimum absolute atomic E-state index is 0.00907. The highest BCUT2D eigenvalue weighted by molar-refractivity contribution is 5.96. The molecule has 0 aliphatic heterocycles. The van der Waals surface area contributed by atoms with Crippen LogP contribution in [0.2, 0.25) is 0 Å². The van der Waals surface area contributed by atoms with Crippen LogP contribution >= 0.6 is 0 Å². The van der Waals surface area contributed by atoms with Crippen molar-refractivity contribution in [2.75, 3.05) is 0 Å². The minimum Gasteiger partial charge on any atom is -0.319 e. The molecule has 1 aromatic rings.